The van der Waals surface area contributed by atoms with Crippen LogP contribution in [0.1, 0.15) is 51.3 Å². The van der Waals surface area contributed by atoms with Crippen molar-refractivity contribution in [3.8, 4) is 0 Å². The fraction of sp³-hybridized carbons (Fsp3) is 0.556. The van der Waals surface area contributed by atoms with Gasteiger partial charge in [0.15, 0.2) is 0 Å². The Morgan fingerprint density at radius 3 is 2.81 bits per heavy atom. The minimum absolute atomic E-state index is 0.356. The quantitative estimate of drug-likeness (QED) is 0.799. The Kier molecular flexibility index (Phi) is 4.37. The largest absolute Gasteiger partial charge is 0.328 e. The number of imidazole rings is 1. The van der Waals surface area contributed by atoms with E-state index in [1.54, 1.807) is 0 Å². The zero-order chi connectivity index (χ0) is 14.7. The van der Waals surface area contributed by atoms with E-state index >= 15 is 0 Å². The topological polar surface area (TPSA) is 34.9 Å². The molecule has 1 aromatic heterocycles. The predicted octanol–water partition coefficient (Wildman–Crippen LogP) is 4.14. The molecule has 0 radical (unpaired) electrons. The fourth-order valence-electron chi connectivity index (χ4n) is 3.52. The van der Waals surface area contributed by atoms with Crippen LogP contribution >= 0.6 is 0 Å². The van der Waals surface area contributed by atoms with Crippen LogP contribution in [0.4, 0.5) is 0 Å². The van der Waals surface area contributed by atoms with Crippen LogP contribution in [-0.2, 0) is 17.8 Å². The summed E-state index contributed by atoms with van der Waals surface area (Å²) in [6.07, 6.45) is 7.36. The summed E-state index contributed by atoms with van der Waals surface area (Å²) in [5, 5.41) is 0. The molecule has 21 heavy (non-hydrogen) atoms. The van der Waals surface area contributed by atoms with E-state index in [2.05, 4.69) is 22.5 Å². The minimum Gasteiger partial charge on any atom is -0.328 e. The molecule has 3 rings (SSSR count). The van der Waals surface area contributed by atoms with Gasteiger partial charge < -0.3 is 4.57 Å². The molecule has 1 fully saturated rings. The molecule has 0 atom stereocenters. The molecule has 2 aromatic rings. The van der Waals surface area contributed by atoms with Gasteiger partial charge in [0, 0.05) is 13.0 Å². The number of aromatic nitrogens is 2. The van der Waals surface area contributed by atoms with Crippen molar-refractivity contribution in [3.05, 3.63) is 30.1 Å². The fourth-order valence-corrected chi connectivity index (χ4v) is 3.52. The van der Waals surface area contributed by atoms with Gasteiger partial charge in [-0.25, -0.2) is 4.98 Å². The second kappa shape index (κ2) is 6.42. The SMILES string of the molecule is CCCn1c(CC(=O)CC2CCCC2)nc2ccccc21. The molecule has 0 aliphatic heterocycles. The highest BCUT2D eigenvalue weighted by Gasteiger charge is 2.20. The average molecular weight is 284 g/mol. The Labute approximate surface area is 126 Å². The summed E-state index contributed by atoms with van der Waals surface area (Å²) in [5.74, 6) is 1.93. The zero-order valence-electron chi connectivity index (χ0n) is 12.8. The first-order valence-electron chi connectivity index (χ1n) is 8.23. The summed E-state index contributed by atoms with van der Waals surface area (Å²) >= 11 is 0. The van der Waals surface area contributed by atoms with E-state index < -0.39 is 0 Å². The third-order valence-electron chi connectivity index (χ3n) is 4.53. The number of hydrogen-bond donors (Lipinski definition) is 0. The van der Waals surface area contributed by atoms with E-state index in [9.17, 15) is 4.79 Å². The molecule has 0 unspecified atom stereocenters. The molecule has 0 amide bonds. The normalized spacial score (nSPS) is 15.9. The first kappa shape index (κ1) is 14.3. The third kappa shape index (κ3) is 3.17. The molecule has 0 N–H and O–H groups in total. The number of fused-ring (bicyclic) bond motifs is 1. The lowest BCUT2D eigenvalue weighted by Gasteiger charge is -2.09. The Balaban J connectivity index is 1.78. The number of aryl methyl sites for hydroxylation is 1. The van der Waals surface area contributed by atoms with Crippen LogP contribution in [0.25, 0.3) is 11.0 Å². The maximum absolute atomic E-state index is 12.3. The first-order chi connectivity index (χ1) is 10.3. The summed E-state index contributed by atoms with van der Waals surface area (Å²) < 4.78 is 2.22. The van der Waals surface area contributed by atoms with Crippen molar-refractivity contribution < 1.29 is 4.79 Å². The zero-order valence-corrected chi connectivity index (χ0v) is 12.8. The van der Waals surface area contributed by atoms with Gasteiger partial charge in [-0.15, -0.1) is 0 Å². The van der Waals surface area contributed by atoms with E-state index in [1.807, 2.05) is 18.2 Å². The number of nitrogens with zero attached hydrogens (tertiary/aromatic N) is 2. The summed E-state index contributed by atoms with van der Waals surface area (Å²) in [6.45, 7) is 3.10. The summed E-state index contributed by atoms with van der Waals surface area (Å²) in [7, 11) is 0. The number of carbonyl (C=O) groups is 1. The Hall–Kier alpha value is -1.64. The summed E-state index contributed by atoms with van der Waals surface area (Å²) in [4.78, 5) is 17.0. The van der Waals surface area contributed by atoms with Gasteiger partial charge in [-0.3, -0.25) is 4.79 Å². The van der Waals surface area contributed by atoms with Gasteiger partial charge in [0.1, 0.15) is 11.6 Å². The molecule has 3 heteroatoms. The highest BCUT2D eigenvalue weighted by Crippen LogP contribution is 2.28. The van der Waals surface area contributed by atoms with Gasteiger partial charge in [-0.1, -0.05) is 44.7 Å². The molecular weight excluding hydrogens is 260 g/mol. The van der Waals surface area contributed by atoms with Gasteiger partial charge in [0.2, 0.25) is 0 Å². The summed E-state index contributed by atoms with van der Waals surface area (Å²) in [6, 6.07) is 8.19. The highest BCUT2D eigenvalue weighted by atomic mass is 16.1. The molecule has 1 aromatic carbocycles. The van der Waals surface area contributed by atoms with Crippen molar-refractivity contribution in [2.75, 3.05) is 0 Å². The van der Waals surface area contributed by atoms with Crippen LogP contribution in [0.15, 0.2) is 24.3 Å². The van der Waals surface area contributed by atoms with E-state index in [-0.39, 0.29) is 0 Å². The number of carbonyl (C=O) groups excluding carboxylic acids is 1. The number of para-hydroxylation sites is 2. The maximum atomic E-state index is 12.3. The van der Waals surface area contributed by atoms with Gasteiger partial charge >= 0.3 is 0 Å². The molecule has 0 saturated heterocycles. The van der Waals surface area contributed by atoms with Crippen molar-refractivity contribution in [2.45, 2.75) is 58.4 Å². The van der Waals surface area contributed by atoms with Crippen LogP contribution in [0.3, 0.4) is 0 Å². The highest BCUT2D eigenvalue weighted by molar-refractivity contribution is 5.82. The lowest BCUT2D eigenvalue weighted by Crippen LogP contribution is -2.13. The molecule has 0 spiro atoms. The van der Waals surface area contributed by atoms with Gasteiger partial charge in [-0.2, -0.15) is 0 Å². The Morgan fingerprint density at radius 1 is 1.29 bits per heavy atom. The molecule has 112 valence electrons. The number of rotatable bonds is 6. The second-order valence-corrected chi connectivity index (χ2v) is 6.24. The lowest BCUT2D eigenvalue weighted by molar-refractivity contribution is -0.119. The third-order valence-corrected chi connectivity index (χ3v) is 4.53. The smallest absolute Gasteiger partial charge is 0.140 e. The number of benzene rings is 1. The van der Waals surface area contributed by atoms with Crippen molar-refractivity contribution in [3.63, 3.8) is 0 Å². The van der Waals surface area contributed by atoms with E-state index in [4.69, 9.17) is 0 Å². The van der Waals surface area contributed by atoms with E-state index in [1.165, 1.54) is 25.7 Å². The van der Waals surface area contributed by atoms with Crippen molar-refractivity contribution in [2.24, 2.45) is 5.92 Å². The van der Waals surface area contributed by atoms with E-state index in [0.717, 1.165) is 36.2 Å². The van der Waals surface area contributed by atoms with Crippen molar-refractivity contribution >= 4 is 16.8 Å². The van der Waals surface area contributed by atoms with Crippen molar-refractivity contribution in [1.82, 2.24) is 9.55 Å². The molecular formula is C18H24N2O. The number of ketones is 1. The van der Waals surface area contributed by atoms with Gasteiger partial charge in [0.05, 0.1) is 17.5 Å². The van der Waals surface area contributed by atoms with Crippen LogP contribution in [0, 0.1) is 5.92 Å². The van der Waals surface area contributed by atoms with E-state index in [0.29, 0.717) is 18.1 Å². The maximum Gasteiger partial charge on any atom is 0.140 e. The second-order valence-electron chi connectivity index (χ2n) is 6.24. The van der Waals surface area contributed by atoms with Gasteiger partial charge in [-0.05, 0) is 24.5 Å². The minimum atomic E-state index is 0.356. The van der Waals surface area contributed by atoms with Crippen LogP contribution < -0.4 is 0 Å². The number of hydrogen-bond acceptors (Lipinski definition) is 2. The molecule has 1 aliphatic carbocycles. The van der Waals surface area contributed by atoms with Crippen LogP contribution in [0.5, 0.6) is 0 Å². The standard InChI is InChI=1S/C18H24N2O/c1-2-11-20-17-10-6-5-9-16(17)19-18(20)13-15(21)12-14-7-3-4-8-14/h5-6,9-10,14H,2-4,7-8,11-13H2,1H3. The molecule has 3 nitrogen and oxygen atoms in total. The average Bonchev–Trinajstić information content (AvgIpc) is 3.08. The number of Topliss-reactive ketones (excluding diaryl/α,β-unsaturated/α-hetero) is 1. The summed E-state index contributed by atoms with van der Waals surface area (Å²) in [5.41, 5.74) is 2.16. The Morgan fingerprint density at radius 2 is 2.05 bits per heavy atom. The Bertz CT molecular complexity index is 623. The van der Waals surface area contributed by atoms with Crippen molar-refractivity contribution in [1.29, 1.82) is 0 Å². The van der Waals surface area contributed by atoms with Gasteiger partial charge in [0.25, 0.3) is 0 Å². The predicted molar refractivity (Wildman–Crippen MR) is 85.3 cm³/mol. The molecule has 1 saturated carbocycles. The lowest BCUT2D eigenvalue weighted by atomic mass is 9.99. The first-order valence-corrected chi connectivity index (χ1v) is 8.23. The monoisotopic (exact) mass is 284 g/mol. The van der Waals surface area contributed by atoms with Crippen LogP contribution in [-0.4, -0.2) is 15.3 Å². The molecule has 1 aliphatic rings. The molecule has 1 heterocycles. The van der Waals surface area contributed by atoms with Crippen LogP contribution in [0.2, 0.25) is 0 Å². The molecule has 0 bridgehead atoms.